The van der Waals surface area contributed by atoms with Gasteiger partial charge in [0.1, 0.15) is 5.75 Å². The van der Waals surface area contributed by atoms with Crippen molar-refractivity contribution in [1.29, 1.82) is 0 Å². The zero-order valence-electron chi connectivity index (χ0n) is 8.85. The predicted molar refractivity (Wildman–Crippen MR) is 48.4 cm³/mol. The molecule has 0 atom stereocenters. The zero-order chi connectivity index (χ0) is 14.7. The Morgan fingerprint density at radius 3 is 1.84 bits per heavy atom. The smallest absolute Gasteiger partial charge is 0.447 e. The fourth-order valence-electron chi connectivity index (χ4n) is 0.964. The van der Waals surface area contributed by atoms with E-state index >= 15 is 0 Å². The lowest BCUT2D eigenvalue weighted by Gasteiger charge is -2.15. The first-order valence-electron chi connectivity index (χ1n) is 4.55. The lowest BCUT2D eigenvalue weighted by Crippen LogP contribution is -2.22. The van der Waals surface area contributed by atoms with E-state index in [4.69, 9.17) is 0 Å². The minimum atomic E-state index is -5.60. The fourth-order valence-corrected chi connectivity index (χ4v) is 0.964. The van der Waals surface area contributed by atoms with Crippen molar-refractivity contribution in [2.24, 2.45) is 0 Å². The molecular weight excluding hydrogens is 285 g/mol. The highest BCUT2D eigenvalue weighted by molar-refractivity contribution is 5.24. The molecule has 0 aliphatic heterocycles. The van der Waals surface area contributed by atoms with Gasteiger partial charge in [0.15, 0.2) is 0 Å². The molecule has 0 unspecified atom stereocenters. The Balaban J connectivity index is 3.06. The van der Waals surface area contributed by atoms with Gasteiger partial charge in [-0.15, -0.1) is 13.2 Å². The minimum absolute atomic E-state index is 0.490. The van der Waals surface area contributed by atoms with Crippen LogP contribution in [0, 0.1) is 0 Å². The second kappa shape index (κ2) is 5.37. The standard InChI is InChI=1S/C10H5F7O2/c11-8(19-10(15,16)17)7(9(12,13)14)18-6-4-2-1-3-5-6/h1-5H/b8-7+. The number of rotatable bonds is 3. The number of benzene rings is 1. The van der Waals surface area contributed by atoms with Gasteiger partial charge in [0.05, 0.1) is 0 Å². The van der Waals surface area contributed by atoms with Crippen LogP contribution < -0.4 is 4.74 Å². The first-order chi connectivity index (χ1) is 8.59. The lowest BCUT2D eigenvalue weighted by atomic mass is 10.3. The van der Waals surface area contributed by atoms with E-state index in [0.717, 1.165) is 12.1 Å². The van der Waals surface area contributed by atoms with Crippen LogP contribution in [0.25, 0.3) is 0 Å². The van der Waals surface area contributed by atoms with Crippen LogP contribution in [0.1, 0.15) is 0 Å². The normalized spacial score (nSPS) is 13.8. The molecule has 0 aliphatic rings. The molecular formula is C10H5F7O2. The molecule has 1 rings (SSSR count). The molecule has 0 fully saturated rings. The summed E-state index contributed by atoms with van der Waals surface area (Å²) < 4.78 is 91.6. The van der Waals surface area contributed by atoms with Gasteiger partial charge in [-0.1, -0.05) is 18.2 Å². The molecule has 106 valence electrons. The van der Waals surface area contributed by atoms with Crippen molar-refractivity contribution in [2.45, 2.75) is 12.5 Å². The van der Waals surface area contributed by atoms with Gasteiger partial charge in [-0.25, -0.2) is 0 Å². The fraction of sp³-hybridized carbons (Fsp3) is 0.200. The van der Waals surface area contributed by atoms with E-state index in [1.807, 2.05) is 0 Å². The quantitative estimate of drug-likeness (QED) is 0.610. The van der Waals surface area contributed by atoms with E-state index in [1.165, 1.54) is 18.2 Å². The van der Waals surface area contributed by atoms with Gasteiger partial charge in [-0.2, -0.15) is 17.6 Å². The van der Waals surface area contributed by atoms with Crippen LogP contribution in [0.15, 0.2) is 42.1 Å². The van der Waals surface area contributed by atoms with Gasteiger partial charge in [-0.3, -0.25) is 0 Å². The van der Waals surface area contributed by atoms with Crippen molar-refractivity contribution in [3.05, 3.63) is 42.1 Å². The molecule has 0 aromatic heterocycles. The number of allylic oxidation sites excluding steroid dienone is 1. The van der Waals surface area contributed by atoms with E-state index < -0.39 is 30.1 Å². The Bertz CT molecular complexity index is 447. The second-order valence-corrected chi connectivity index (χ2v) is 3.06. The first-order valence-corrected chi connectivity index (χ1v) is 4.55. The highest BCUT2D eigenvalue weighted by atomic mass is 19.4. The Morgan fingerprint density at radius 2 is 1.42 bits per heavy atom. The van der Waals surface area contributed by atoms with Crippen molar-refractivity contribution in [2.75, 3.05) is 0 Å². The molecule has 0 heterocycles. The monoisotopic (exact) mass is 290 g/mol. The summed E-state index contributed by atoms with van der Waals surface area (Å²) in [5, 5.41) is 0. The molecule has 0 bridgehead atoms. The molecule has 19 heavy (non-hydrogen) atoms. The molecule has 0 aliphatic carbocycles. The van der Waals surface area contributed by atoms with Crippen molar-refractivity contribution in [1.82, 2.24) is 0 Å². The van der Waals surface area contributed by atoms with Gasteiger partial charge in [0, 0.05) is 0 Å². The SMILES string of the molecule is F/C(OC(F)(F)F)=C(\Oc1ccccc1)C(F)(F)F. The van der Waals surface area contributed by atoms with Gasteiger partial charge in [0.25, 0.3) is 5.76 Å². The van der Waals surface area contributed by atoms with E-state index in [9.17, 15) is 30.7 Å². The highest BCUT2D eigenvalue weighted by Gasteiger charge is 2.44. The van der Waals surface area contributed by atoms with Crippen LogP contribution in [-0.2, 0) is 4.74 Å². The van der Waals surface area contributed by atoms with Crippen molar-refractivity contribution >= 4 is 0 Å². The van der Waals surface area contributed by atoms with Crippen molar-refractivity contribution in [3.63, 3.8) is 0 Å². The van der Waals surface area contributed by atoms with E-state index in [0.29, 0.717) is 0 Å². The van der Waals surface area contributed by atoms with Gasteiger partial charge < -0.3 is 9.47 Å². The maximum atomic E-state index is 12.8. The van der Waals surface area contributed by atoms with Crippen LogP contribution >= 0.6 is 0 Å². The summed E-state index contributed by atoms with van der Waals surface area (Å²) in [6.45, 7) is 0. The van der Waals surface area contributed by atoms with Gasteiger partial charge in [-0.05, 0) is 12.1 Å². The second-order valence-electron chi connectivity index (χ2n) is 3.06. The van der Waals surface area contributed by atoms with Gasteiger partial charge in [0.2, 0.25) is 0 Å². The van der Waals surface area contributed by atoms with E-state index in [1.54, 1.807) is 0 Å². The molecule has 1 aromatic rings. The van der Waals surface area contributed by atoms with Crippen LogP contribution in [0.3, 0.4) is 0 Å². The van der Waals surface area contributed by atoms with Crippen molar-refractivity contribution < 1.29 is 40.2 Å². The summed E-state index contributed by atoms with van der Waals surface area (Å²) in [7, 11) is 0. The largest absolute Gasteiger partial charge is 0.574 e. The Hall–Kier alpha value is -1.93. The summed E-state index contributed by atoms with van der Waals surface area (Å²) in [6, 6.07) is 3.03. The maximum Gasteiger partial charge on any atom is 0.574 e. The molecule has 0 N–H and O–H groups in total. The number of halogens is 7. The minimum Gasteiger partial charge on any atom is -0.447 e. The summed E-state index contributed by atoms with van der Waals surface area (Å²) in [5.74, 6) is -3.01. The highest BCUT2D eigenvalue weighted by Crippen LogP contribution is 2.34. The number of hydrogen-bond donors (Lipinski definition) is 0. The summed E-state index contributed by atoms with van der Waals surface area (Å²) in [4.78, 5) is 0. The third kappa shape index (κ3) is 5.06. The van der Waals surface area contributed by atoms with E-state index in [2.05, 4.69) is 9.47 Å². The summed E-state index contributed by atoms with van der Waals surface area (Å²) >= 11 is 0. The average Bonchev–Trinajstić information content (AvgIpc) is 2.23. The molecule has 0 radical (unpaired) electrons. The molecule has 0 amide bonds. The van der Waals surface area contributed by atoms with Crippen LogP contribution in [0.2, 0.25) is 0 Å². The van der Waals surface area contributed by atoms with Gasteiger partial charge >= 0.3 is 18.6 Å². The van der Waals surface area contributed by atoms with Crippen LogP contribution in [0.4, 0.5) is 30.7 Å². The Labute approximate surface area is 102 Å². The molecule has 9 heteroatoms. The predicted octanol–water partition coefficient (Wildman–Crippen LogP) is 4.30. The Kier molecular flexibility index (Phi) is 4.28. The topological polar surface area (TPSA) is 18.5 Å². The first kappa shape index (κ1) is 15.1. The summed E-state index contributed by atoms with van der Waals surface area (Å²) in [5.41, 5.74) is 0. The summed E-state index contributed by atoms with van der Waals surface area (Å²) in [6.07, 6.45) is -11.1. The Morgan fingerprint density at radius 1 is 0.895 bits per heavy atom. The maximum absolute atomic E-state index is 12.8. The van der Waals surface area contributed by atoms with E-state index in [-0.39, 0.29) is 0 Å². The van der Waals surface area contributed by atoms with Crippen molar-refractivity contribution in [3.8, 4) is 5.75 Å². The molecule has 0 spiro atoms. The number of para-hydroxylation sites is 1. The number of ether oxygens (including phenoxy) is 2. The molecule has 0 saturated carbocycles. The van der Waals surface area contributed by atoms with Crippen LogP contribution in [0.5, 0.6) is 5.75 Å². The average molecular weight is 290 g/mol. The zero-order valence-corrected chi connectivity index (χ0v) is 8.85. The lowest BCUT2D eigenvalue weighted by molar-refractivity contribution is -0.316. The molecule has 1 aromatic carbocycles. The third-order valence-electron chi connectivity index (χ3n) is 1.60. The molecule has 0 saturated heterocycles. The number of hydrogen-bond acceptors (Lipinski definition) is 2. The van der Waals surface area contributed by atoms with Crippen LogP contribution in [-0.4, -0.2) is 12.5 Å². The molecule has 2 nitrogen and oxygen atoms in total. The number of alkyl halides is 6. The third-order valence-corrected chi connectivity index (χ3v) is 1.60.